The van der Waals surface area contributed by atoms with Gasteiger partial charge in [0.25, 0.3) is 0 Å². The summed E-state index contributed by atoms with van der Waals surface area (Å²) in [6, 6.07) is 30.0. The fraction of sp³-hybridized carbons (Fsp3) is 0.471. The molecule has 5 rings (SSSR count). The van der Waals surface area contributed by atoms with Crippen LogP contribution < -0.4 is 0 Å². The summed E-state index contributed by atoms with van der Waals surface area (Å²) in [4.78, 5) is 2.54. The highest BCUT2D eigenvalue weighted by molar-refractivity contribution is 5.30. The van der Waals surface area contributed by atoms with Gasteiger partial charge in [0.15, 0.2) is 0 Å². The molecule has 3 nitrogen and oxygen atoms in total. The molecule has 1 atom stereocenters. The Labute approximate surface area is 223 Å². The summed E-state index contributed by atoms with van der Waals surface area (Å²) in [5, 5.41) is 10.8. The Morgan fingerprint density at radius 1 is 0.703 bits per heavy atom. The number of aliphatic hydroxyl groups excluding tert-OH is 1. The van der Waals surface area contributed by atoms with Gasteiger partial charge < -0.3 is 14.7 Å². The highest BCUT2D eigenvalue weighted by Crippen LogP contribution is 2.33. The Kier molecular flexibility index (Phi) is 9.45. The number of nitrogens with zero attached hydrogens (tertiary/aromatic N) is 1. The van der Waals surface area contributed by atoms with Gasteiger partial charge in [0.05, 0.1) is 12.2 Å². The van der Waals surface area contributed by atoms with Gasteiger partial charge in [0, 0.05) is 13.1 Å². The van der Waals surface area contributed by atoms with E-state index in [1.807, 2.05) is 0 Å². The van der Waals surface area contributed by atoms with Gasteiger partial charge in [0.2, 0.25) is 0 Å². The zero-order valence-electron chi connectivity index (χ0n) is 22.2. The third kappa shape index (κ3) is 7.31. The van der Waals surface area contributed by atoms with E-state index >= 15 is 0 Å². The van der Waals surface area contributed by atoms with Crippen LogP contribution in [-0.2, 0) is 4.74 Å². The van der Waals surface area contributed by atoms with Crippen molar-refractivity contribution in [3.63, 3.8) is 0 Å². The maximum Gasteiger partial charge on any atom is 0.108 e. The highest BCUT2D eigenvalue weighted by Gasteiger charge is 2.25. The van der Waals surface area contributed by atoms with Gasteiger partial charge in [0.1, 0.15) is 6.10 Å². The van der Waals surface area contributed by atoms with Crippen LogP contribution in [0.15, 0.2) is 84.9 Å². The normalized spacial score (nSPS) is 18.8. The van der Waals surface area contributed by atoms with E-state index in [1.54, 1.807) is 0 Å². The Morgan fingerprint density at radius 2 is 1.30 bits per heavy atom. The van der Waals surface area contributed by atoms with Crippen LogP contribution in [-0.4, -0.2) is 35.7 Å². The molecule has 0 radical (unpaired) electrons. The van der Waals surface area contributed by atoms with Crippen LogP contribution in [0.1, 0.15) is 98.2 Å². The van der Waals surface area contributed by atoms with Crippen LogP contribution in [0.4, 0.5) is 0 Å². The topological polar surface area (TPSA) is 32.7 Å². The van der Waals surface area contributed by atoms with E-state index in [4.69, 9.17) is 4.74 Å². The van der Waals surface area contributed by atoms with Crippen molar-refractivity contribution in [1.29, 1.82) is 0 Å². The minimum Gasteiger partial charge on any atom is -0.388 e. The molecule has 1 saturated heterocycles. The van der Waals surface area contributed by atoms with Gasteiger partial charge in [-0.3, -0.25) is 0 Å². The van der Waals surface area contributed by atoms with Crippen LogP contribution in [0.3, 0.4) is 0 Å². The third-order valence-electron chi connectivity index (χ3n) is 8.42. The van der Waals surface area contributed by atoms with Gasteiger partial charge in [-0.1, -0.05) is 104 Å². The largest absolute Gasteiger partial charge is 0.388 e. The first-order chi connectivity index (χ1) is 18.3. The molecular formula is C34H43NO2. The van der Waals surface area contributed by atoms with E-state index in [0.717, 1.165) is 56.8 Å². The lowest BCUT2D eigenvalue weighted by Gasteiger charge is -2.34. The molecule has 1 saturated carbocycles. The molecule has 2 fully saturated rings. The first kappa shape index (κ1) is 26.2. The minimum absolute atomic E-state index is 0.0152. The Balaban J connectivity index is 1.06. The molecule has 3 heteroatoms. The lowest BCUT2D eigenvalue weighted by atomic mass is 9.83. The second kappa shape index (κ2) is 13.4. The van der Waals surface area contributed by atoms with E-state index < -0.39 is 0 Å². The Hall–Kier alpha value is -2.46. The van der Waals surface area contributed by atoms with Crippen molar-refractivity contribution in [2.24, 2.45) is 0 Å². The first-order valence-electron chi connectivity index (χ1n) is 14.5. The quantitative estimate of drug-likeness (QED) is 0.310. The van der Waals surface area contributed by atoms with Gasteiger partial charge in [-0.15, -0.1) is 0 Å². The first-order valence-corrected chi connectivity index (χ1v) is 14.5. The summed E-state index contributed by atoms with van der Waals surface area (Å²) in [7, 11) is 0. The minimum atomic E-state index is -0.362. The van der Waals surface area contributed by atoms with Crippen molar-refractivity contribution in [1.82, 2.24) is 4.90 Å². The van der Waals surface area contributed by atoms with Crippen molar-refractivity contribution in [3.05, 3.63) is 107 Å². The summed E-state index contributed by atoms with van der Waals surface area (Å²) in [5.74, 6) is 0.725. The number of benzene rings is 3. The predicted octanol–water partition coefficient (Wildman–Crippen LogP) is 7.82. The van der Waals surface area contributed by atoms with E-state index in [-0.39, 0.29) is 18.3 Å². The molecule has 0 amide bonds. The van der Waals surface area contributed by atoms with E-state index in [1.165, 1.54) is 48.8 Å². The fourth-order valence-electron chi connectivity index (χ4n) is 6.17. The Morgan fingerprint density at radius 3 is 1.89 bits per heavy atom. The molecule has 3 aromatic rings. The second-order valence-corrected chi connectivity index (χ2v) is 11.0. The van der Waals surface area contributed by atoms with Crippen LogP contribution in [0.2, 0.25) is 0 Å². The van der Waals surface area contributed by atoms with Crippen molar-refractivity contribution in [3.8, 4) is 0 Å². The molecule has 1 unspecified atom stereocenters. The number of ether oxygens (including phenoxy) is 1. The summed E-state index contributed by atoms with van der Waals surface area (Å²) in [5.41, 5.74) is 4.97. The van der Waals surface area contributed by atoms with Crippen LogP contribution in [0.5, 0.6) is 0 Å². The van der Waals surface area contributed by atoms with Crippen LogP contribution in [0.25, 0.3) is 0 Å². The van der Waals surface area contributed by atoms with Crippen molar-refractivity contribution < 1.29 is 9.84 Å². The zero-order valence-corrected chi connectivity index (χ0v) is 22.2. The third-order valence-corrected chi connectivity index (χ3v) is 8.42. The summed E-state index contributed by atoms with van der Waals surface area (Å²) >= 11 is 0. The SMILES string of the molecule is OC(CCCN1CCC(OC(c2ccccc2)c2ccccc2)CC1)c1ccc(C2CCCCC2)cc1. The molecule has 2 aliphatic rings. The second-order valence-electron chi connectivity index (χ2n) is 11.0. The number of rotatable bonds is 10. The Bertz CT molecular complexity index is 999. The molecule has 1 heterocycles. The monoisotopic (exact) mass is 497 g/mol. The maximum absolute atomic E-state index is 10.8. The maximum atomic E-state index is 10.8. The smallest absolute Gasteiger partial charge is 0.108 e. The van der Waals surface area contributed by atoms with Crippen molar-refractivity contribution in [2.45, 2.75) is 82.0 Å². The highest BCUT2D eigenvalue weighted by atomic mass is 16.5. The van der Waals surface area contributed by atoms with Crippen LogP contribution >= 0.6 is 0 Å². The molecule has 1 aliphatic carbocycles. The van der Waals surface area contributed by atoms with Crippen molar-refractivity contribution in [2.75, 3.05) is 19.6 Å². The number of likely N-dealkylation sites (tertiary alicyclic amines) is 1. The van der Waals surface area contributed by atoms with Gasteiger partial charge in [-0.05, 0) is 73.2 Å². The van der Waals surface area contributed by atoms with E-state index in [9.17, 15) is 5.11 Å². The van der Waals surface area contributed by atoms with E-state index in [2.05, 4.69) is 89.8 Å². The van der Waals surface area contributed by atoms with Gasteiger partial charge >= 0.3 is 0 Å². The van der Waals surface area contributed by atoms with Gasteiger partial charge in [-0.25, -0.2) is 0 Å². The molecule has 1 N–H and O–H groups in total. The summed E-state index contributed by atoms with van der Waals surface area (Å²) < 4.78 is 6.70. The molecule has 0 bridgehead atoms. The predicted molar refractivity (Wildman–Crippen MR) is 152 cm³/mol. The molecule has 37 heavy (non-hydrogen) atoms. The average Bonchev–Trinajstić information content (AvgIpc) is 2.98. The van der Waals surface area contributed by atoms with Gasteiger partial charge in [-0.2, -0.15) is 0 Å². The zero-order chi connectivity index (χ0) is 25.3. The molecule has 0 aromatic heterocycles. The number of aliphatic hydroxyl groups is 1. The fourth-order valence-corrected chi connectivity index (χ4v) is 6.17. The lowest BCUT2D eigenvalue weighted by Crippen LogP contribution is -2.38. The number of hydrogen-bond acceptors (Lipinski definition) is 3. The standard InChI is InChI=1S/C34H43NO2/c36-33(29-20-18-28(19-21-29)27-11-4-1-5-12-27)17-10-24-35-25-22-32(23-26-35)37-34(30-13-6-2-7-14-30)31-15-8-3-9-16-31/h2-3,6-9,13-16,18-21,27,32-34,36H,1,4-5,10-12,17,22-26H2. The van der Waals surface area contributed by atoms with Crippen molar-refractivity contribution >= 4 is 0 Å². The summed E-state index contributed by atoms with van der Waals surface area (Å²) in [6.45, 7) is 3.17. The molecule has 3 aromatic carbocycles. The summed E-state index contributed by atoms with van der Waals surface area (Å²) in [6.07, 6.45) is 10.6. The molecule has 196 valence electrons. The van der Waals surface area contributed by atoms with Crippen LogP contribution in [0, 0.1) is 0 Å². The molecule has 0 spiro atoms. The van der Waals surface area contributed by atoms with E-state index in [0.29, 0.717) is 0 Å². The molecule has 1 aliphatic heterocycles. The number of hydrogen-bond donors (Lipinski definition) is 1. The number of piperidine rings is 1. The average molecular weight is 498 g/mol. The lowest BCUT2D eigenvalue weighted by molar-refractivity contribution is -0.0274. The molecular weight excluding hydrogens is 454 g/mol.